The summed E-state index contributed by atoms with van der Waals surface area (Å²) in [5.74, 6) is 1.49. The van der Waals surface area contributed by atoms with Crippen molar-refractivity contribution in [1.29, 1.82) is 0 Å². The van der Waals surface area contributed by atoms with E-state index >= 15 is 0 Å². The molecule has 5 aliphatic carbocycles. The number of hydrogen-bond donors (Lipinski definition) is 4. The van der Waals surface area contributed by atoms with Gasteiger partial charge in [0.1, 0.15) is 6.10 Å². The summed E-state index contributed by atoms with van der Waals surface area (Å²) in [7, 11) is 0. The number of benzene rings is 1. The first-order valence-electron chi connectivity index (χ1n) is 17.5. The van der Waals surface area contributed by atoms with Crippen LogP contribution in [-0.4, -0.2) is 45.7 Å². The van der Waals surface area contributed by atoms with Gasteiger partial charge >= 0.3 is 5.97 Å². The van der Waals surface area contributed by atoms with Gasteiger partial charge in [0.15, 0.2) is 11.5 Å². The van der Waals surface area contributed by atoms with Crippen LogP contribution in [0.1, 0.15) is 104 Å². The average molecular weight is 621 g/mol. The van der Waals surface area contributed by atoms with Crippen molar-refractivity contribution in [1.82, 2.24) is 0 Å². The Kier molecular flexibility index (Phi) is 8.08. The Morgan fingerprint density at radius 3 is 2.33 bits per heavy atom. The van der Waals surface area contributed by atoms with Crippen LogP contribution < -0.4 is 0 Å². The van der Waals surface area contributed by atoms with E-state index in [0.717, 1.165) is 50.5 Å². The molecule has 10 atom stereocenters. The minimum Gasteiger partial charge on any atom is -0.504 e. The molecule has 6 rings (SSSR count). The molecule has 4 N–H and O–H groups in total. The lowest BCUT2D eigenvalue weighted by molar-refractivity contribution is -0.251. The zero-order valence-electron chi connectivity index (χ0n) is 28.1. The Morgan fingerprint density at radius 1 is 0.889 bits per heavy atom. The number of phenols is 2. The Balaban J connectivity index is 1.23. The number of aliphatic hydroxyl groups is 2. The summed E-state index contributed by atoms with van der Waals surface area (Å²) in [6.45, 7) is 17.0. The fourth-order valence-corrected chi connectivity index (χ4v) is 12.8. The predicted molar refractivity (Wildman–Crippen MR) is 176 cm³/mol. The molecule has 0 saturated heterocycles. The molecule has 6 heteroatoms. The molecule has 1 aromatic carbocycles. The Bertz CT molecular complexity index is 1360. The number of ether oxygens (including phenoxy) is 1. The van der Waals surface area contributed by atoms with Crippen molar-refractivity contribution in [3.05, 3.63) is 42.0 Å². The van der Waals surface area contributed by atoms with Crippen molar-refractivity contribution < 1.29 is 30.0 Å². The van der Waals surface area contributed by atoms with Gasteiger partial charge in [-0.1, -0.05) is 47.3 Å². The molecule has 0 bridgehead atoms. The van der Waals surface area contributed by atoms with Crippen LogP contribution in [0.2, 0.25) is 0 Å². The van der Waals surface area contributed by atoms with Gasteiger partial charge in [0.25, 0.3) is 0 Å². The zero-order chi connectivity index (χ0) is 32.6. The average Bonchev–Trinajstić information content (AvgIpc) is 3.39. The van der Waals surface area contributed by atoms with Gasteiger partial charge < -0.3 is 25.2 Å². The van der Waals surface area contributed by atoms with E-state index in [1.807, 2.05) is 0 Å². The number of fused-ring (bicyclic) bond motifs is 7. The van der Waals surface area contributed by atoms with Gasteiger partial charge in [-0.05, 0) is 145 Å². The quantitative estimate of drug-likeness (QED) is 0.113. The molecule has 45 heavy (non-hydrogen) atoms. The third-order valence-electron chi connectivity index (χ3n) is 15.3. The van der Waals surface area contributed by atoms with Gasteiger partial charge in [0.2, 0.25) is 0 Å². The van der Waals surface area contributed by atoms with Crippen molar-refractivity contribution in [2.45, 2.75) is 105 Å². The van der Waals surface area contributed by atoms with Gasteiger partial charge in [0, 0.05) is 18.1 Å². The van der Waals surface area contributed by atoms with Crippen molar-refractivity contribution in [3.8, 4) is 11.5 Å². The number of aliphatic hydroxyl groups excluding tert-OH is 2. The highest BCUT2D eigenvalue weighted by atomic mass is 16.5. The first kappa shape index (κ1) is 32.6. The van der Waals surface area contributed by atoms with E-state index in [2.05, 4.69) is 41.2 Å². The summed E-state index contributed by atoms with van der Waals surface area (Å²) < 4.78 is 6.17. The first-order valence-corrected chi connectivity index (χ1v) is 17.5. The second kappa shape index (κ2) is 11.1. The highest BCUT2D eigenvalue weighted by Crippen LogP contribution is 2.77. The lowest BCUT2D eigenvalue weighted by atomic mass is 9.32. The van der Waals surface area contributed by atoms with Crippen molar-refractivity contribution >= 4 is 12.0 Å². The SMILES string of the molecule is C=C(CO)C1CCC2(CO)CCC3(C)C(CCC4C5(C)CCC(OC(=O)C=Cc6ccc(O)c(O)c6)C(C)(C)C5CCC43C)C12. The van der Waals surface area contributed by atoms with Gasteiger partial charge in [-0.3, -0.25) is 0 Å². The zero-order valence-corrected chi connectivity index (χ0v) is 28.1. The number of hydrogen-bond acceptors (Lipinski definition) is 6. The summed E-state index contributed by atoms with van der Waals surface area (Å²) in [5, 5.41) is 40.3. The van der Waals surface area contributed by atoms with Crippen LogP contribution >= 0.6 is 0 Å². The number of carbonyl (C=O) groups is 1. The molecule has 0 aromatic heterocycles. The van der Waals surface area contributed by atoms with Crippen LogP contribution in [0.5, 0.6) is 11.5 Å². The minimum atomic E-state index is -0.372. The summed E-state index contributed by atoms with van der Waals surface area (Å²) in [6, 6.07) is 4.48. The second-order valence-corrected chi connectivity index (χ2v) is 17.0. The van der Waals surface area contributed by atoms with Crippen molar-refractivity contribution in [2.24, 2.45) is 56.7 Å². The maximum Gasteiger partial charge on any atom is 0.331 e. The number of carbonyl (C=O) groups excluding carboxylic acids is 1. The lowest BCUT2D eigenvalue weighted by Gasteiger charge is -2.73. The maximum absolute atomic E-state index is 13.0. The summed E-state index contributed by atoms with van der Waals surface area (Å²) >= 11 is 0. The van der Waals surface area contributed by atoms with Crippen LogP contribution in [0.25, 0.3) is 6.08 Å². The Morgan fingerprint density at radius 2 is 1.64 bits per heavy atom. The van der Waals surface area contributed by atoms with Gasteiger partial charge in [-0.25, -0.2) is 4.79 Å². The second-order valence-electron chi connectivity index (χ2n) is 17.0. The molecule has 0 spiro atoms. The highest BCUT2D eigenvalue weighted by molar-refractivity contribution is 5.87. The number of phenolic OH excluding ortho intramolecular Hbond substituents is 2. The third kappa shape index (κ3) is 4.74. The number of aromatic hydroxyl groups is 2. The van der Waals surface area contributed by atoms with E-state index in [-0.39, 0.29) is 63.9 Å². The minimum absolute atomic E-state index is 0.0295. The van der Waals surface area contributed by atoms with Crippen LogP contribution in [0.3, 0.4) is 0 Å². The van der Waals surface area contributed by atoms with E-state index in [4.69, 9.17) is 4.74 Å². The third-order valence-corrected chi connectivity index (χ3v) is 15.3. The molecule has 0 amide bonds. The fraction of sp³-hybridized carbons (Fsp3) is 0.718. The first-order chi connectivity index (χ1) is 21.2. The predicted octanol–water partition coefficient (Wildman–Crippen LogP) is 7.65. The maximum atomic E-state index is 13.0. The van der Waals surface area contributed by atoms with Gasteiger partial charge in [0.05, 0.1) is 6.61 Å². The number of esters is 1. The van der Waals surface area contributed by atoms with E-state index in [9.17, 15) is 25.2 Å². The standard InChI is InChI=1S/C39H56O6/c1-24(22-40)26-13-18-39(23-41)20-19-37(5)27(34(26)39)9-11-31-36(4)16-15-32(35(2,3)30(36)14-17-38(31,37)6)45-33(44)12-8-25-7-10-28(42)29(43)21-25/h7-8,10,12,21,26-27,30-32,34,40-43H,1,9,11,13-20,22-23H2,2-6H3. The molecule has 1 aromatic rings. The molecule has 10 unspecified atom stereocenters. The van der Waals surface area contributed by atoms with Gasteiger partial charge in [-0.2, -0.15) is 0 Å². The van der Waals surface area contributed by atoms with Crippen molar-refractivity contribution in [3.63, 3.8) is 0 Å². The van der Waals surface area contributed by atoms with E-state index < -0.39 is 0 Å². The van der Waals surface area contributed by atoms with E-state index in [0.29, 0.717) is 35.2 Å². The molecule has 5 saturated carbocycles. The van der Waals surface area contributed by atoms with E-state index in [1.54, 1.807) is 12.1 Å². The summed E-state index contributed by atoms with van der Waals surface area (Å²) in [5.41, 5.74) is 1.91. The lowest BCUT2D eigenvalue weighted by Crippen LogP contribution is -2.67. The molecule has 0 heterocycles. The summed E-state index contributed by atoms with van der Waals surface area (Å²) in [4.78, 5) is 13.0. The monoisotopic (exact) mass is 620 g/mol. The normalized spacial score (nSPS) is 43.5. The molecule has 5 aliphatic rings. The Labute approximate surface area is 270 Å². The van der Waals surface area contributed by atoms with Crippen LogP contribution in [0.4, 0.5) is 0 Å². The molecule has 6 nitrogen and oxygen atoms in total. The smallest absolute Gasteiger partial charge is 0.331 e. The van der Waals surface area contributed by atoms with Crippen molar-refractivity contribution in [2.75, 3.05) is 13.2 Å². The number of rotatable bonds is 6. The summed E-state index contributed by atoms with van der Waals surface area (Å²) in [6.07, 6.45) is 13.8. The van der Waals surface area contributed by atoms with Crippen LogP contribution in [-0.2, 0) is 9.53 Å². The van der Waals surface area contributed by atoms with Crippen LogP contribution in [0.15, 0.2) is 36.4 Å². The largest absolute Gasteiger partial charge is 0.504 e. The Hall–Kier alpha value is -2.31. The fourth-order valence-electron chi connectivity index (χ4n) is 12.8. The molecular weight excluding hydrogens is 564 g/mol. The molecule has 0 aliphatic heterocycles. The van der Waals surface area contributed by atoms with E-state index in [1.165, 1.54) is 37.5 Å². The van der Waals surface area contributed by atoms with Crippen LogP contribution in [0, 0.1) is 56.7 Å². The molecule has 0 radical (unpaired) electrons. The topological polar surface area (TPSA) is 107 Å². The molecule has 248 valence electrons. The van der Waals surface area contributed by atoms with Gasteiger partial charge in [-0.15, -0.1) is 0 Å². The molecular formula is C39H56O6. The molecule has 5 fully saturated rings. The highest BCUT2D eigenvalue weighted by Gasteiger charge is 2.71.